The molecule has 0 unspecified atom stereocenters. The van der Waals surface area contributed by atoms with Crippen molar-refractivity contribution in [1.82, 2.24) is 30.7 Å². The van der Waals surface area contributed by atoms with Gasteiger partial charge in [0.2, 0.25) is 0 Å². The SMILES string of the molecule is Cc1nc([C@@H]2CN(C(=O)NCCc3ccccc3)C[C@H]2NC(=O)c2ccccc2)n[nH]1. The predicted octanol–water partition coefficient (Wildman–Crippen LogP) is 2.26. The van der Waals surface area contributed by atoms with Gasteiger partial charge in [-0.05, 0) is 31.0 Å². The van der Waals surface area contributed by atoms with Gasteiger partial charge in [-0.3, -0.25) is 9.89 Å². The number of aromatic amines is 1. The summed E-state index contributed by atoms with van der Waals surface area (Å²) in [5.74, 6) is 0.955. The standard InChI is InChI=1S/C23H26N6O2/c1-16-25-21(28-27-16)19-14-29(23(31)24-13-12-17-8-4-2-5-9-17)15-20(19)26-22(30)18-10-6-3-7-11-18/h2-11,19-20H,12-15H2,1H3,(H,24,31)(H,26,30)(H,25,27,28)/t19-,20-/m1/s1. The van der Waals surface area contributed by atoms with Crippen LogP contribution in [0.15, 0.2) is 60.7 Å². The first-order valence-corrected chi connectivity index (χ1v) is 10.4. The second kappa shape index (κ2) is 9.42. The van der Waals surface area contributed by atoms with E-state index >= 15 is 0 Å². The van der Waals surface area contributed by atoms with Crippen LogP contribution in [-0.2, 0) is 6.42 Å². The minimum absolute atomic E-state index is 0.148. The third-order valence-electron chi connectivity index (χ3n) is 5.44. The summed E-state index contributed by atoms with van der Waals surface area (Å²) >= 11 is 0. The van der Waals surface area contributed by atoms with Crippen molar-refractivity contribution in [2.75, 3.05) is 19.6 Å². The van der Waals surface area contributed by atoms with Crippen LogP contribution in [0.2, 0.25) is 0 Å². The maximum Gasteiger partial charge on any atom is 0.317 e. The van der Waals surface area contributed by atoms with Crippen molar-refractivity contribution in [3.8, 4) is 0 Å². The molecule has 0 bridgehead atoms. The Bertz CT molecular complexity index is 1020. The molecule has 160 valence electrons. The van der Waals surface area contributed by atoms with Gasteiger partial charge >= 0.3 is 6.03 Å². The van der Waals surface area contributed by atoms with Crippen LogP contribution in [0.3, 0.4) is 0 Å². The molecule has 1 saturated heterocycles. The number of aromatic nitrogens is 3. The Hall–Kier alpha value is -3.68. The van der Waals surface area contributed by atoms with Gasteiger partial charge in [-0.1, -0.05) is 48.5 Å². The lowest BCUT2D eigenvalue weighted by molar-refractivity contribution is 0.0934. The molecular formula is C23H26N6O2. The molecule has 1 aliphatic rings. The summed E-state index contributed by atoms with van der Waals surface area (Å²) < 4.78 is 0. The number of amides is 3. The number of hydrogen-bond donors (Lipinski definition) is 3. The van der Waals surface area contributed by atoms with Crippen molar-refractivity contribution >= 4 is 11.9 Å². The van der Waals surface area contributed by atoms with Crippen LogP contribution < -0.4 is 10.6 Å². The maximum absolute atomic E-state index is 12.8. The molecule has 0 radical (unpaired) electrons. The van der Waals surface area contributed by atoms with E-state index in [9.17, 15) is 9.59 Å². The van der Waals surface area contributed by atoms with E-state index in [1.54, 1.807) is 17.0 Å². The van der Waals surface area contributed by atoms with Crippen LogP contribution in [0.5, 0.6) is 0 Å². The van der Waals surface area contributed by atoms with Crippen LogP contribution >= 0.6 is 0 Å². The Kier molecular flexibility index (Phi) is 6.26. The number of aryl methyl sites for hydroxylation is 1. The number of carbonyl (C=O) groups is 2. The van der Waals surface area contributed by atoms with Crippen molar-refractivity contribution in [1.29, 1.82) is 0 Å². The number of hydrogen-bond acceptors (Lipinski definition) is 4. The van der Waals surface area contributed by atoms with Gasteiger partial charge in [0.1, 0.15) is 5.82 Å². The van der Waals surface area contributed by atoms with Gasteiger partial charge < -0.3 is 15.5 Å². The number of H-pyrrole nitrogens is 1. The highest BCUT2D eigenvalue weighted by Gasteiger charge is 2.39. The van der Waals surface area contributed by atoms with E-state index in [0.717, 1.165) is 6.42 Å². The molecule has 8 heteroatoms. The van der Waals surface area contributed by atoms with Gasteiger partial charge in [-0.2, -0.15) is 5.10 Å². The number of benzene rings is 2. The maximum atomic E-state index is 12.8. The summed E-state index contributed by atoms with van der Waals surface area (Å²) in [6.07, 6.45) is 0.762. The first-order chi connectivity index (χ1) is 15.1. The lowest BCUT2D eigenvalue weighted by Crippen LogP contribution is -2.43. The molecule has 3 amide bonds. The van der Waals surface area contributed by atoms with Gasteiger partial charge in [-0.15, -0.1) is 0 Å². The van der Waals surface area contributed by atoms with Crippen LogP contribution in [0, 0.1) is 6.92 Å². The molecule has 0 aliphatic carbocycles. The number of rotatable bonds is 6. The molecule has 0 spiro atoms. The fraction of sp³-hybridized carbons (Fsp3) is 0.304. The van der Waals surface area contributed by atoms with Crippen molar-refractivity contribution in [2.24, 2.45) is 0 Å². The molecule has 1 aromatic heterocycles. The Morgan fingerprint density at radius 2 is 1.77 bits per heavy atom. The van der Waals surface area contributed by atoms with Crippen LogP contribution in [0.1, 0.15) is 33.5 Å². The van der Waals surface area contributed by atoms with Gasteiger partial charge in [0.05, 0.1) is 12.0 Å². The average Bonchev–Trinajstić information content (AvgIpc) is 3.41. The first-order valence-electron chi connectivity index (χ1n) is 10.4. The molecular weight excluding hydrogens is 392 g/mol. The smallest absolute Gasteiger partial charge is 0.317 e. The lowest BCUT2D eigenvalue weighted by Gasteiger charge is -2.18. The summed E-state index contributed by atoms with van der Waals surface area (Å²) in [6.45, 7) is 3.21. The molecule has 3 N–H and O–H groups in total. The minimum Gasteiger partial charge on any atom is -0.347 e. The number of nitrogens with zero attached hydrogens (tertiary/aromatic N) is 3. The third-order valence-corrected chi connectivity index (χ3v) is 5.44. The lowest BCUT2D eigenvalue weighted by atomic mass is 10.0. The highest BCUT2D eigenvalue weighted by molar-refractivity contribution is 5.94. The quantitative estimate of drug-likeness (QED) is 0.571. The zero-order valence-electron chi connectivity index (χ0n) is 17.4. The Balaban J connectivity index is 1.41. The highest BCUT2D eigenvalue weighted by Crippen LogP contribution is 2.26. The number of carbonyl (C=O) groups excluding carboxylic acids is 2. The van der Waals surface area contributed by atoms with Crippen molar-refractivity contribution in [3.05, 3.63) is 83.4 Å². The highest BCUT2D eigenvalue weighted by atomic mass is 16.2. The van der Waals surface area contributed by atoms with Gasteiger partial charge in [0.15, 0.2) is 5.82 Å². The van der Waals surface area contributed by atoms with Gasteiger partial charge in [0, 0.05) is 25.2 Å². The normalized spacial score (nSPS) is 18.0. The van der Waals surface area contributed by atoms with E-state index in [2.05, 4.69) is 25.8 Å². The molecule has 4 rings (SSSR count). The van der Waals surface area contributed by atoms with Gasteiger partial charge in [-0.25, -0.2) is 9.78 Å². The zero-order chi connectivity index (χ0) is 21.6. The molecule has 2 atom stereocenters. The van der Waals surface area contributed by atoms with Crippen LogP contribution in [-0.4, -0.2) is 57.7 Å². The molecule has 2 heterocycles. The third kappa shape index (κ3) is 5.09. The molecule has 8 nitrogen and oxygen atoms in total. The monoisotopic (exact) mass is 418 g/mol. The van der Waals surface area contributed by atoms with E-state index in [4.69, 9.17) is 0 Å². The largest absolute Gasteiger partial charge is 0.347 e. The average molecular weight is 419 g/mol. The summed E-state index contributed by atoms with van der Waals surface area (Å²) in [4.78, 5) is 31.6. The Morgan fingerprint density at radius 1 is 1.06 bits per heavy atom. The van der Waals surface area contributed by atoms with E-state index < -0.39 is 0 Å². The zero-order valence-corrected chi connectivity index (χ0v) is 17.4. The van der Waals surface area contributed by atoms with Crippen LogP contribution in [0.25, 0.3) is 0 Å². The number of urea groups is 1. The Morgan fingerprint density at radius 3 is 2.45 bits per heavy atom. The van der Waals surface area contributed by atoms with Gasteiger partial charge in [0.25, 0.3) is 5.91 Å². The summed E-state index contributed by atoms with van der Waals surface area (Å²) in [6, 6.07) is 18.7. The Labute approximate surface area is 181 Å². The molecule has 1 aliphatic heterocycles. The van der Waals surface area contributed by atoms with E-state index in [-0.39, 0.29) is 23.9 Å². The molecule has 31 heavy (non-hydrogen) atoms. The second-order valence-corrected chi connectivity index (χ2v) is 7.70. The fourth-order valence-corrected chi connectivity index (χ4v) is 3.81. The molecule has 1 fully saturated rings. The van der Waals surface area contributed by atoms with Crippen LogP contribution in [0.4, 0.5) is 4.79 Å². The summed E-state index contributed by atoms with van der Waals surface area (Å²) in [5, 5.41) is 13.2. The van der Waals surface area contributed by atoms with E-state index in [1.165, 1.54) is 5.56 Å². The van der Waals surface area contributed by atoms with Crippen molar-refractivity contribution in [3.63, 3.8) is 0 Å². The first kappa shape index (κ1) is 20.6. The minimum atomic E-state index is -0.275. The van der Waals surface area contributed by atoms with E-state index in [1.807, 2.05) is 55.5 Å². The summed E-state index contributed by atoms with van der Waals surface area (Å²) in [5.41, 5.74) is 1.75. The molecule has 2 aromatic carbocycles. The predicted molar refractivity (Wildman–Crippen MR) is 117 cm³/mol. The van der Waals surface area contributed by atoms with E-state index in [0.29, 0.717) is 36.8 Å². The molecule has 0 saturated carbocycles. The number of nitrogens with one attached hydrogen (secondary N) is 3. The second-order valence-electron chi connectivity index (χ2n) is 7.70. The summed E-state index contributed by atoms with van der Waals surface area (Å²) in [7, 11) is 0. The van der Waals surface area contributed by atoms with Crippen molar-refractivity contribution in [2.45, 2.75) is 25.3 Å². The topological polar surface area (TPSA) is 103 Å². The molecule has 3 aromatic rings. The fourth-order valence-electron chi connectivity index (χ4n) is 3.81. The number of likely N-dealkylation sites (tertiary alicyclic amines) is 1. The van der Waals surface area contributed by atoms with Crippen molar-refractivity contribution < 1.29 is 9.59 Å².